The predicted molar refractivity (Wildman–Crippen MR) is 119 cm³/mol. The largest absolute Gasteiger partial charge is 0.444 e. The van der Waals surface area contributed by atoms with Gasteiger partial charge in [-0.1, -0.05) is 16.7 Å². The molecule has 1 aliphatic carbocycles. The van der Waals surface area contributed by atoms with Crippen molar-refractivity contribution in [2.75, 3.05) is 6.54 Å². The Morgan fingerprint density at radius 2 is 2.03 bits per heavy atom. The molecule has 0 bridgehead atoms. The molecule has 2 aromatic rings. The minimum atomic E-state index is -0.631. The van der Waals surface area contributed by atoms with Crippen molar-refractivity contribution in [1.29, 1.82) is 0 Å². The van der Waals surface area contributed by atoms with E-state index in [1.807, 2.05) is 6.07 Å². The van der Waals surface area contributed by atoms with Crippen molar-refractivity contribution in [3.8, 4) is 0 Å². The molecule has 2 amide bonds. The maximum atomic E-state index is 12.9. The van der Waals surface area contributed by atoms with Crippen LogP contribution in [0.4, 0.5) is 4.79 Å². The van der Waals surface area contributed by atoms with E-state index in [0.717, 1.165) is 17.3 Å². The van der Waals surface area contributed by atoms with Crippen LogP contribution in [0.5, 0.6) is 0 Å². The number of halogens is 1. The summed E-state index contributed by atoms with van der Waals surface area (Å²) >= 11 is 6.03. The number of hydrogen-bond acceptors (Lipinski definition) is 4. The van der Waals surface area contributed by atoms with Crippen molar-refractivity contribution in [3.63, 3.8) is 0 Å². The molecule has 31 heavy (non-hydrogen) atoms. The molecule has 3 rings (SSSR count). The van der Waals surface area contributed by atoms with Crippen LogP contribution in [0.2, 0.25) is 5.02 Å². The number of hydrogen-bond donors (Lipinski definition) is 3. The molecule has 0 radical (unpaired) electrons. The Bertz CT molecular complexity index is 1010. The highest BCUT2D eigenvalue weighted by Crippen LogP contribution is 2.26. The number of amides is 2. The molecule has 1 fully saturated rings. The van der Waals surface area contributed by atoms with Gasteiger partial charge >= 0.3 is 6.09 Å². The lowest BCUT2D eigenvalue weighted by molar-refractivity contribution is 0.0463. The van der Waals surface area contributed by atoms with Crippen LogP contribution >= 0.6 is 11.6 Å². The lowest BCUT2D eigenvalue weighted by atomic mass is 9.82. The van der Waals surface area contributed by atoms with Crippen LogP contribution < -0.4 is 10.6 Å². The third kappa shape index (κ3) is 6.29. The molecule has 0 aliphatic heterocycles. The Labute approximate surface area is 185 Å². The van der Waals surface area contributed by atoms with E-state index in [0.29, 0.717) is 30.1 Å². The van der Waals surface area contributed by atoms with Gasteiger partial charge in [0.25, 0.3) is 5.91 Å². The molecule has 0 spiro atoms. The Kier molecular flexibility index (Phi) is 6.97. The van der Waals surface area contributed by atoms with Crippen LogP contribution in [0.15, 0.2) is 29.4 Å². The zero-order valence-corrected chi connectivity index (χ0v) is 18.6. The lowest BCUT2D eigenvalue weighted by Crippen LogP contribution is -2.55. The van der Waals surface area contributed by atoms with Gasteiger partial charge in [0.15, 0.2) is 0 Å². The monoisotopic (exact) mass is 446 g/mol. The molecule has 1 saturated carbocycles. The number of aromatic nitrogens is 1. The Morgan fingerprint density at radius 3 is 2.74 bits per heavy atom. The van der Waals surface area contributed by atoms with Gasteiger partial charge in [-0.15, -0.1) is 0 Å². The van der Waals surface area contributed by atoms with E-state index in [9.17, 15) is 9.59 Å². The summed E-state index contributed by atoms with van der Waals surface area (Å²) in [7, 11) is 0. The molecule has 0 unspecified atom stereocenters. The minimum Gasteiger partial charge on any atom is -0.444 e. The summed E-state index contributed by atoms with van der Waals surface area (Å²) in [5.74, 6) is -0.138. The predicted octanol–water partition coefficient (Wildman–Crippen LogP) is 4.92. The van der Waals surface area contributed by atoms with Gasteiger partial charge in [0.2, 0.25) is 0 Å². The molecule has 10 heteroatoms. The first-order valence-corrected chi connectivity index (χ1v) is 10.6. The topological polar surface area (TPSA) is 132 Å². The number of aromatic amines is 1. The third-order valence-electron chi connectivity index (χ3n) is 5.21. The van der Waals surface area contributed by atoms with Crippen molar-refractivity contribution in [1.82, 2.24) is 15.6 Å². The van der Waals surface area contributed by atoms with E-state index in [-0.39, 0.29) is 23.9 Å². The zero-order chi connectivity index (χ0) is 22.6. The Hall–Kier alpha value is -2.90. The summed E-state index contributed by atoms with van der Waals surface area (Å²) in [6.07, 6.45) is 1.45. The van der Waals surface area contributed by atoms with Gasteiger partial charge in [-0.2, -0.15) is 0 Å². The summed E-state index contributed by atoms with van der Waals surface area (Å²) in [5, 5.41) is 11.0. The van der Waals surface area contributed by atoms with Crippen LogP contribution in [-0.2, 0) is 4.74 Å². The van der Waals surface area contributed by atoms with Crippen molar-refractivity contribution >= 4 is 34.5 Å². The number of alkyl carbamates (subject to hydrolysis) is 1. The minimum absolute atomic E-state index is 0.124. The number of H-pyrrole nitrogens is 1. The Morgan fingerprint density at radius 1 is 1.26 bits per heavy atom. The number of rotatable bonds is 5. The summed E-state index contributed by atoms with van der Waals surface area (Å²) in [4.78, 5) is 31.2. The summed E-state index contributed by atoms with van der Waals surface area (Å²) < 4.78 is 5.38. The van der Waals surface area contributed by atoms with Gasteiger partial charge in [-0.3, -0.25) is 4.79 Å². The van der Waals surface area contributed by atoms with Gasteiger partial charge in [-0.25, -0.2) is 4.79 Å². The SMILES string of the molecule is CC(C)(C)OC(=O)N[C@H]1C[C@H](CN=[N+]=[N-])CC[C@H]1NC(=O)c1cc2cc(Cl)ccc2[nH]1. The first-order chi connectivity index (χ1) is 14.6. The van der Waals surface area contributed by atoms with Gasteiger partial charge in [0, 0.05) is 33.4 Å². The molecular formula is C21H27ClN6O3. The molecule has 1 heterocycles. The molecule has 3 N–H and O–H groups in total. The number of nitrogens with zero attached hydrogens (tertiary/aromatic N) is 3. The van der Waals surface area contributed by atoms with Crippen LogP contribution in [-0.4, -0.2) is 41.2 Å². The van der Waals surface area contributed by atoms with Crippen LogP contribution in [0.1, 0.15) is 50.5 Å². The molecule has 1 aromatic carbocycles. The Balaban J connectivity index is 1.72. The second-order valence-electron chi connectivity index (χ2n) is 8.84. The van der Waals surface area contributed by atoms with Crippen LogP contribution in [0, 0.1) is 5.92 Å². The maximum absolute atomic E-state index is 12.9. The molecule has 3 atom stereocenters. The number of ether oxygens (including phenoxy) is 1. The second kappa shape index (κ2) is 9.49. The first-order valence-electron chi connectivity index (χ1n) is 10.2. The summed E-state index contributed by atoms with van der Waals surface area (Å²) in [6, 6.07) is 6.50. The third-order valence-corrected chi connectivity index (χ3v) is 5.44. The highest BCUT2D eigenvalue weighted by Gasteiger charge is 2.33. The van der Waals surface area contributed by atoms with E-state index in [2.05, 4.69) is 25.6 Å². The van der Waals surface area contributed by atoms with E-state index in [1.54, 1.807) is 39.0 Å². The molecule has 1 aliphatic rings. The molecule has 1 aromatic heterocycles. The number of benzene rings is 1. The molecular weight excluding hydrogens is 420 g/mol. The van der Waals surface area contributed by atoms with Gasteiger partial charge in [0.05, 0.1) is 6.04 Å². The number of azide groups is 1. The molecule has 9 nitrogen and oxygen atoms in total. The number of carbonyl (C=O) groups is 2. The van der Waals surface area contributed by atoms with E-state index in [1.165, 1.54) is 0 Å². The fourth-order valence-electron chi connectivity index (χ4n) is 3.84. The lowest BCUT2D eigenvalue weighted by Gasteiger charge is -2.36. The summed E-state index contributed by atoms with van der Waals surface area (Å²) in [6.45, 7) is 5.73. The average Bonchev–Trinajstić information content (AvgIpc) is 3.09. The smallest absolute Gasteiger partial charge is 0.407 e. The van der Waals surface area contributed by atoms with Gasteiger partial charge in [0.1, 0.15) is 11.3 Å². The van der Waals surface area contributed by atoms with E-state index < -0.39 is 11.7 Å². The number of carbonyl (C=O) groups excluding carboxylic acids is 2. The standard InChI is InChI=1S/C21H27ClN6O3/c1-21(2,3)31-20(30)27-17-8-12(11-24-28-23)4-6-16(17)26-19(29)18-10-13-9-14(22)5-7-15(13)25-18/h5,7,9-10,12,16-17,25H,4,6,8,11H2,1-3H3,(H,26,29)(H,27,30)/t12-,16-,17+/m1/s1. The first kappa shape index (κ1) is 22.8. The fourth-order valence-corrected chi connectivity index (χ4v) is 4.02. The maximum Gasteiger partial charge on any atom is 0.407 e. The zero-order valence-electron chi connectivity index (χ0n) is 17.8. The van der Waals surface area contributed by atoms with Crippen molar-refractivity contribution in [3.05, 3.63) is 45.4 Å². The van der Waals surface area contributed by atoms with Crippen molar-refractivity contribution < 1.29 is 14.3 Å². The highest BCUT2D eigenvalue weighted by molar-refractivity contribution is 6.31. The molecule has 166 valence electrons. The second-order valence-corrected chi connectivity index (χ2v) is 9.28. The highest BCUT2D eigenvalue weighted by atomic mass is 35.5. The quantitative estimate of drug-likeness (QED) is 0.342. The van der Waals surface area contributed by atoms with Crippen LogP contribution in [0.3, 0.4) is 0 Å². The fraction of sp³-hybridized carbons (Fsp3) is 0.524. The number of nitrogens with one attached hydrogen (secondary N) is 3. The number of fused-ring (bicyclic) bond motifs is 1. The average molecular weight is 447 g/mol. The normalized spacial score (nSPS) is 21.2. The van der Waals surface area contributed by atoms with Crippen molar-refractivity contribution in [2.24, 2.45) is 11.0 Å². The van der Waals surface area contributed by atoms with E-state index >= 15 is 0 Å². The summed E-state index contributed by atoms with van der Waals surface area (Å²) in [5.41, 5.74) is 9.21. The van der Waals surface area contributed by atoms with Gasteiger partial charge < -0.3 is 20.4 Å². The molecule has 0 saturated heterocycles. The van der Waals surface area contributed by atoms with Gasteiger partial charge in [-0.05, 0) is 75.7 Å². The van der Waals surface area contributed by atoms with E-state index in [4.69, 9.17) is 21.9 Å². The van der Waals surface area contributed by atoms with Crippen molar-refractivity contribution in [2.45, 2.75) is 57.7 Å². The van der Waals surface area contributed by atoms with Crippen LogP contribution in [0.25, 0.3) is 21.3 Å².